The highest BCUT2D eigenvalue weighted by molar-refractivity contribution is 7.80. The number of nitrogens with zero attached hydrogens (tertiary/aromatic N) is 1. The van der Waals surface area contributed by atoms with Gasteiger partial charge in [-0.3, -0.25) is 0 Å². The minimum absolute atomic E-state index is 0.186. The molecule has 3 nitrogen and oxygen atoms in total. The molecule has 0 fully saturated rings. The van der Waals surface area contributed by atoms with Crippen molar-refractivity contribution in [2.45, 2.75) is 13.0 Å². The van der Waals surface area contributed by atoms with Crippen molar-refractivity contribution in [1.82, 2.24) is 15.5 Å². The van der Waals surface area contributed by atoms with Crippen molar-refractivity contribution in [3.63, 3.8) is 0 Å². The summed E-state index contributed by atoms with van der Waals surface area (Å²) in [5.74, 6) is -1.69. The number of rotatable bonds is 5. The van der Waals surface area contributed by atoms with Gasteiger partial charge in [0.25, 0.3) is 0 Å². The molecule has 0 saturated carbocycles. The molecule has 0 bridgehead atoms. The average Bonchev–Trinajstić information content (AvgIpc) is 2.32. The number of benzene rings is 1. The molecule has 19 heavy (non-hydrogen) atoms. The molecule has 2 N–H and O–H groups in total. The molecule has 0 aliphatic carbocycles. The lowest BCUT2D eigenvalue weighted by Crippen LogP contribution is -2.39. The molecule has 1 rings (SSSR count). The van der Waals surface area contributed by atoms with E-state index in [2.05, 4.69) is 10.6 Å². The van der Waals surface area contributed by atoms with E-state index in [4.69, 9.17) is 12.2 Å². The van der Waals surface area contributed by atoms with E-state index < -0.39 is 11.6 Å². The molecule has 0 radical (unpaired) electrons. The maximum atomic E-state index is 13.1. The van der Waals surface area contributed by atoms with Gasteiger partial charge in [-0.1, -0.05) is 6.07 Å². The molecular weight excluding hydrogens is 268 g/mol. The Bertz CT molecular complexity index is 438. The Morgan fingerprint density at radius 2 is 2.00 bits per heavy atom. The first-order valence-electron chi connectivity index (χ1n) is 6.04. The fourth-order valence-electron chi connectivity index (χ4n) is 1.51. The molecule has 0 saturated heterocycles. The SMILES string of the molecule is C[C@@H](NC(=S)NCCN(C)C)c1ccc(F)c(F)c1. The highest BCUT2D eigenvalue weighted by Crippen LogP contribution is 2.15. The predicted molar refractivity (Wildman–Crippen MR) is 77.1 cm³/mol. The van der Waals surface area contributed by atoms with Crippen LogP contribution in [0.15, 0.2) is 18.2 Å². The quantitative estimate of drug-likeness (QED) is 0.811. The largest absolute Gasteiger partial charge is 0.361 e. The van der Waals surface area contributed by atoms with Crippen LogP contribution in [0.5, 0.6) is 0 Å². The van der Waals surface area contributed by atoms with Crippen molar-refractivity contribution in [2.24, 2.45) is 0 Å². The van der Waals surface area contributed by atoms with E-state index in [1.165, 1.54) is 6.07 Å². The summed E-state index contributed by atoms with van der Waals surface area (Å²) in [6.07, 6.45) is 0. The van der Waals surface area contributed by atoms with Gasteiger partial charge >= 0.3 is 0 Å². The summed E-state index contributed by atoms with van der Waals surface area (Å²) in [5.41, 5.74) is 0.649. The van der Waals surface area contributed by atoms with Crippen LogP contribution in [-0.4, -0.2) is 37.2 Å². The van der Waals surface area contributed by atoms with E-state index >= 15 is 0 Å². The number of hydrogen-bond donors (Lipinski definition) is 2. The van der Waals surface area contributed by atoms with Gasteiger partial charge in [0, 0.05) is 13.1 Å². The van der Waals surface area contributed by atoms with Crippen LogP contribution in [0.25, 0.3) is 0 Å². The summed E-state index contributed by atoms with van der Waals surface area (Å²) in [7, 11) is 3.95. The lowest BCUT2D eigenvalue weighted by atomic mass is 10.1. The molecule has 6 heteroatoms. The molecule has 0 unspecified atom stereocenters. The second kappa shape index (κ2) is 7.35. The highest BCUT2D eigenvalue weighted by Gasteiger charge is 2.10. The maximum absolute atomic E-state index is 13.1. The van der Waals surface area contributed by atoms with Gasteiger partial charge in [-0.2, -0.15) is 0 Å². The third-order valence-electron chi connectivity index (χ3n) is 2.64. The van der Waals surface area contributed by atoms with Crippen LogP contribution in [-0.2, 0) is 0 Å². The van der Waals surface area contributed by atoms with E-state index in [0.717, 1.165) is 19.2 Å². The maximum Gasteiger partial charge on any atom is 0.166 e. The first kappa shape index (κ1) is 15.8. The molecule has 0 aliphatic rings. The second-order valence-corrected chi connectivity index (χ2v) is 5.01. The predicted octanol–water partition coefficient (Wildman–Crippen LogP) is 2.05. The van der Waals surface area contributed by atoms with Gasteiger partial charge in [0.05, 0.1) is 6.04 Å². The van der Waals surface area contributed by atoms with Crippen molar-refractivity contribution in [1.29, 1.82) is 0 Å². The summed E-state index contributed by atoms with van der Waals surface area (Å²) in [6.45, 7) is 3.43. The lowest BCUT2D eigenvalue weighted by Gasteiger charge is -2.18. The van der Waals surface area contributed by atoms with Crippen LogP contribution in [0, 0.1) is 11.6 Å². The number of thiocarbonyl (C=S) groups is 1. The zero-order valence-corrected chi connectivity index (χ0v) is 12.2. The molecule has 1 aromatic rings. The molecule has 0 spiro atoms. The van der Waals surface area contributed by atoms with Crippen LogP contribution in [0.2, 0.25) is 0 Å². The summed E-state index contributed by atoms with van der Waals surface area (Å²) >= 11 is 5.13. The number of nitrogens with one attached hydrogen (secondary N) is 2. The highest BCUT2D eigenvalue weighted by atomic mass is 32.1. The zero-order chi connectivity index (χ0) is 14.4. The van der Waals surface area contributed by atoms with E-state index in [1.807, 2.05) is 25.9 Å². The van der Waals surface area contributed by atoms with Crippen molar-refractivity contribution >= 4 is 17.3 Å². The van der Waals surface area contributed by atoms with Crippen LogP contribution in [0.1, 0.15) is 18.5 Å². The molecule has 106 valence electrons. The van der Waals surface area contributed by atoms with Gasteiger partial charge in [-0.15, -0.1) is 0 Å². The minimum Gasteiger partial charge on any atom is -0.361 e. The summed E-state index contributed by atoms with van der Waals surface area (Å²) < 4.78 is 25.9. The first-order chi connectivity index (χ1) is 8.90. The zero-order valence-electron chi connectivity index (χ0n) is 11.3. The Kier molecular flexibility index (Phi) is 6.11. The van der Waals surface area contributed by atoms with Crippen LogP contribution >= 0.6 is 12.2 Å². The number of hydrogen-bond acceptors (Lipinski definition) is 2. The van der Waals surface area contributed by atoms with Crippen LogP contribution < -0.4 is 10.6 Å². The van der Waals surface area contributed by atoms with Crippen molar-refractivity contribution in [2.75, 3.05) is 27.2 Å². The number of halogens is 2. The standard InChI is InChI=1S/C13H19F2N3S/c1-9(10-4-5-11(14)12(15)8-10)17-13(19)16-6-7-18(2)3/h4-5,8-9H,6-7H2,1-3H3,(H2,16,17,19)/t9-/m1/s1. The molecule has 1 atom stereocenters. The second-order valence-electron chi connectivity index (χ2n) is 4.60. The monoisotopic (exact) mass is 287 g/mol. The molecule has 0 heterocycles. The van der Waals surface area contributed by atoms with Gasteiger partial charge in [0.15, 0.2) is 16.7 Å². The van der Waals surface area contributed by atoms with Crippen LogP contribution in [0.3, 0.4) is 0 Å². The average molecular weight is 287 g/mol. The minimum atomic E-state index is -0.849. The Hall–Kier alpha value is -1.27. The fourth-order valence-corrected chi connectivity index (χ4v) is 1.78. The van der Waals surface area contributed by atoms with E-state index in [1.54, 1.807) is 6.07 Å². The Morgan fingerprint density at radius 3 is 2.58 bits per heavy atom. The molecular formula is C13H19F2N3S. The lowest BCUT2D eigenvalue weighted by molar-refractivity contribution is 0.412. The Labute approximate surface area is 118 Å². The van der Waals surface area contributed by atoms with Crippen molar-refractivity contribution in [3.8, 4) is 0 Å². The molecule has 1 aromatic carbocycles. The molecule has 0 amide bonds. The summed E-state index contributed by atoms with van der Waals surface area (Å²) in [6, 6.07) is 3.65. The smallest absolute Gasteiger partial charge is 0.166 e. The van der Waals surface area contributed by atoms with Gasteiger partial charge in [0.1, 0.15) is 0 Å². The number of likely N-dealkylation sites (N-methyl/N-ethyl adjacent to an activating group) is 1. The van der Waals surface area contributed by atoms with Crippen molar-refractivity contribution < 1.29 is 8.78 Å². The third-order valence-corrected chi connectivity index (χ3v) is 2.90. The summed E-state index contributed by atoms with van der Waals surface area (Å²) in [4.78, 5) is 2.04. The molecule has 0 aromatic heterocycles. The van der Waals surface area contributed by atoms with Gasteiger partial charge < -0.3 is 15.5 Å². The van der Waals surface area contributed by atoms with Crippen molar-refractivity contribution in [3.05, 3.63) is 35.4 Å². The summed E-state index contributed by atoms with van der Waals surface area (Å²) in [5, 5.41) is 6.58. The third kappa shape index (κ3) is 5.48. The van der Waals surface area contributed by atoms with E-state index in [-0.39, 0.29) is 6.04 Å². The van der Waals surface area contributed by atoms with Crippen LogP contribution in [0.4, 0.5) is 8.78 Å². The van der Waals surface area contributed by atoms with Gasteiger partial charge in [0.2, 0.25) is 0 Å². The van der Waals surface area contributed by atoms with E-state index in [9.17, 15) is 8.78 Å². The Balaban J connectivity index is 2.47. The first-order valence-corrected chi connectivity index (χ1v) is 6.45. The topological polar surface area (TPSA) is 27.3 Å². The Morgan fingerprint density at radius 1 is 1.32 bits per heavy atom. The fraction of sp³-hybridized carbons (Fsp3) is 0.462. The van der Waals surface area contributed by atoms with E-state index in [0.29, 0.717) is 10.7 Å². The van der Waals surface area contributed by atoms with Gasteiger partial charge in [-0.25, -0.2) is 8.78 Å². The normalized spacial score (nSPS) is 12.3. The van der Waals surface area contributed by atoms with Gasteiger partial charge in [-0.05, 0) is 50.9 Å². The molecule has 0 aliphatic heterocycles.